The number of amides is 1. The van der Waals surface area contributed by atoms with Crippen LogP contribution >= 0.6 is 34.7 Å². The van der Waals surface area contributed by atoms with E-state index in [9.17, 15) is 9.59 Å². The van der Waals surface area contributed by atoms with Crippen LogP contribution in [0.1, 0.15) is 53.7 Å². The van der Waals surface area contributed by atoms with Crippen molar-refractivity contribution in [1.82, 2.24) is 14.6 Å². The molecule has 0 aliphatic carbocycles. The second-order valence-corrected chi connectivity index (χ2v) is 9.92. The molecule has 0 bridgehead atoms. The van der Waals surface area contributed by atoms with Crippen LogP contribution in [0.4, 0.5) is 5.69 Å². The molecule has 1 N–H and O–H groups in total. The Balaban J connectivity index is 1.52. The molecular weight excluding hydrogens is 476 g/mol. The van der Waals surface area contributed by atoms with Gasteiger partial charge in [0.05, 0.1) is 11.4 Å². The lowest BCUT2D eigenvalue weighted by Gasteiger charge is -2.11. The Morgan fingerprint density at radius 1 is 1.15 bits per heavy atom. The fourth-order valence-electron chi connectivity index (χ4n) is 3.39. The van der Waals surface area contributed by atoms with Gasteiger partial charge in [-0.05, 0) is 49.2 Å². The van der Waals surface area contributed by atoms with Gasteiger partial charge in [0.15, 0.2) is 0 Å². The molecule has 170 valence electrons. The number of hydrogen-bond acceptors (Lipinski definition) is 6. The maximum Gasteiger partial charge on any atom is 0.275 e. The molecule has 4 aromatic rings. The smallest absolute Gasteiger partial charge is 0.275 e. The normalized spacial score (nSPS) is 11.3. The summed E-state index contributed by atoms with van der Waals surface area (Å²) in [7, 11) is 0. The predicted octanol–water partition coefficient (Wildman–Crippen LogP) is 6.25. The minimum atomic E-state index is -0.212. The number of anilines is 1. The molecule has 0 unspecified atom stereocenters. The van der Waals surface area contributed by atoms with Gasteiger partial charge in [-0.3, -0.25) is 9.59 Å². The van der Waals surface area contributed by atoms with Crippen LogP contribution in [0.15, 0.2) is 64.3 Å². The molecule has 2 aromatic heterocycles. The Morgan fingerprint density at radius 2 is 1.88 bits per heavy atom. The van der Waals surface area contributed by atoms with Crippen molar-refractivity contribution >= 4 is 51.3 Å². The van der Waals surface area contributed by atoms with Crippen molar-refractivity contribution < 1.29 is 4.79 Å². The molecule has 0 atom stereocenters. The van der Waals surface area contributed by atoms with E-state index in [-0.39, 0.29) is 11.5 Å². The van der Waals surface area contributed by atoms with Crippen molar-refractivity contribution in [3.63, 3.8) is 0 Å². The third-order valence-electron chi connectivity index (χ3n) is 5.27. The van der Waals surface area contributed by atoms with E-state index < -0.39 is 0 Å². The Hall–Kier alpha value is -2.68. The van der Waals surface area contributed by atoms with Gasteiger partial charge < -0.3 is 5.32 Å². The third kappa shape index (κ3) is 5.46. The highest BCUT2D eigenvalue weighted by Gasteiger charge is 2.16. The highest BCUT2D eigenvalue weighted by atomic mass is 35.5. The number of carbonyl (C=O) groups excluding carboxylic acids is 1. The zero-order valence-corrected chi connectivity index (χ0v) is 20.6. The number of nitrogens with zero attached hydrogens (tertiary/aromatic N) is 3. The first-order valence-corrected chi connectivity index (χ1v) is 12.8. The van der Waals surface area contributed by atoms with Crippen LogP contribution in [0.25, 0.3) is 4.96 Å². The molecular formula is C24H23ClN4O2S2. The van der Waals surface area contributed by atoms with Crippen molar-refractivity contribution in [2.75, 3.05) is 5.32 Å². The summed E-state index contributed by atoms with van der Waals surface area (Å²) in [5.74, 6) is 0.624. The van der Waals surface area contributed by atoms with Gasteiger partial charge in [-0.2, -0.15) is 9.61 Å². The molecule has 0 radical (unpaired) electrons. The van der Waals surface area contributed by atoms with Gasteiger partial charge in [-0.25, -0.2) is 4.98 Å². The second kappa shape index (κ2) is 10.5. The lowest BCUT2D eigenvalue weighted by molar-refractivity contribution is 0.102. The third-order valence-corrected chi connectivity index (χ3v) is 7.70. The summed E-state index contributed by atoms with van der Waals surface area (Å²) in [6, 6.07) is 15.8. The van der Waals surface area contributed by atoms with Gasteiger partial charge in [-0.1, -0.05) is 48.9 Å². The molecule has 2 heterocycles. The molecule has 0 aliphatic heterocycles. The molecule has 0 aliphatic rings. The molecule has 6 nitrogen and oxygen atoms in total. The molecule has 0 saturated heterocycles. The van der Waals surface area contributed by atoms with Gasteiger partial charge in [0.2, 0.25) is 4.96 Å². The highest BCUT2D eigenvalue weighted by Crippen LogP contribution is 2.31. The van der Waals surface area contributed by atoms with Crippen molar-refractivity contribution in [3.8, 4) is 0 Å². The van der Waals surface area contributed by atoms with E-state index in [1.54, 1.807) is 24.3 Å². The van der Waals surface area contributed by atoms with Crippen molar-refractivity contribution in [2.45, 2.75) is 43.3 Å². The van der Waals surface area contributed by atoms with E-state index in [1.807, 2.05) is 24.3 Å². The van der Waals surface area contributed by atoms with Crippen LogP contribution in [0.5, 0.6) is 0 Å². The number of rotatable bonds is 8. The standard InChI is InChI=1S/C24H23ClN4O2S2/c1-3-15(4-2)23-28-29-21(30)13-18(26-24(29)33-23)14-32-20-8-6-5-7-19(20)27-22(31)16-9-11-17(25)12-10-16/h5-13,15H,3-4,14H2,1-2H3,(H,27,31). The number of nitrogens with one attached hydrogen (secondary N) is 1. The van der Waals surface area contributed by atoms with E-state index in [0.29, 0.717) is 38.6 Å². The molecule has 0 spiro atoms. The van der Waals surface area contributed by atoms with Gasteiger partial charge in [0.25, 0.3) is 11.5 Å². The number of hydrogen-bond donors (Lipinski definition) is 1. The Morgan fingerprint density at radius 3 is 2.61 bits per heavy atom. The Bertz CT molecular complexity index is 1330. The number of aromatic nitrogens is 3. The minimum absolute atomic E-state index is 0.173. The number of carbonyl (C=O) groups is 1. The number of halogens is 1. The molecule has 33 heavy (non-hydrogen) atoms. The number of fused-ring (bicyclic) bond motifs is 1. The van der Waals surface area contributed by atoms with E-state index >= 15 is 0 Å². The fraction of sp³-hybridized carbons (Fsp3) is 0.250. The Kier molecular flexibility index (Phi) is 7.47. The summed E-state index contributed by atoms with van der Waals surface area (Å²) in [5.41, 5.74) is 1.74. The van der Waals surface area contributed by atoms with E-state index in [4.69, 9.17) is 11.6 Å². The van der Waals surface area contributed by atoms with Gasteiger partial charge >= 0.3 is 0 Å². The number of thioether (sulfide) groups is 1. The van der Waals surface area contributed by atoms with Crippen LogP contribution < -0.4 is 10.9 Å². The fourth-order valence-corrected chi connectivity index (χ4v) is 5.61. The predicted molar refractivity (Wildman–Crippen MR) is 136 cm³/mol. The van der Waals surface area contributed by atoms with Crippen LogP contribution in [0, 0.1) is 0 Å². The first kappa shape index (κ1) is 23.5. The SMILES string of the molecule is CCC(CC)c1nn2c(=O)cc(CSc3ccccc3NC(=O)c3ccc(Cl)cc3)nc2s1. The van der Waals surface area contributed by atoms with Gasteiger partial charge in [-0.15, -0.1) is 11.8 Å². The summed E-state index contributed by atoms with van der Waals surface area (Å²) >= 11 is 8.91. The van der Waals surface area contributed by atoms with Gasteiger partial charge in [0, 0.05) is 33.2 Å². The molecule has 4 rings (SSSR count). The number of benzene rings is 2. The zero-order chi connectivity index (χ0) is 23.4. The van der Waals surface area contributed by atoms with E-state index in [0.717, 1.165) is 22.7 Å². The molecule has 2 aromatic carbocycles. The molecule has 1 amide bonds. The lowest BCUT2D eigenvalue weighted by atomic mass is 10.1. The maximum absolute atomic E-state index is 12.6. The summed E-state index contributed by atoms with van der Waals surface area (Å²) in [4.78, 5) is 31.4. The van der Waals surface area contributed by atoms with E-state index in [1.165, 1.54) is 33.7 Å². The summed E-state index contributed by atoms with van der Waals surface area (Å²) in [5, 5.41) is 8.98. The van der Waals surface area contributed by atoms with Crippen LogP contribution in [-0.4, -0.2) is 20.5 Å². The zero-order valence-electron chi connectivity index (χ0n) is 18.2. The largest absolute Gasteiger partial charge is 0.321 e. The summed E-state index contributed by atoms with van der Waals surface area (Å²) in [6.45, 7) is 4.25. The molecule has 0 fully saturated rings. The topological polar surface area (TPSA) is 76.4 Å². The monoisotopic (exact) mass is 498 g/mol. The van der Waals surface area contributed by atoms with Crippen molar-refractivity contribution in [3.05, 3.63) is 86.2 Å². The van der Waals surface area contributed by atoms with E-state index in [2.05, 4.69) is 29.2 Å². The second-order valence-electron chi connectivity index (χ2n) is 7.48. The van der Waals surface area contributed by atoms with Crippen LogP contribution in [-0.2, 0) is 5.75 Å². The van der Waals surface area contributed by atoms with Crippen molar-refractivity contribution in [2.24, 2.45) is 0 Å². The highest BCUT2D eigenvalue weighted by molar-refractivity contribution is 7.98. The maximum atomic E-state index is 12.6. The average Bonchev–Trinajstić information content (AvgIpc) is 3.24. The molecule has 0 saturated carbocycles. The Labute approximate surface area is 205 Å². The quantitative estimate of drug-likeness (QED) is 0.290. The molecule has 9 heteroatoms. The first-order valence-electron chi connectivity index (χ1n) is 10.7. The number of para-hydroxylation sites is 1. The van der Waals surface area contributed by atoms with Crippen LogP contribution in [0.3, 0.4) is 0 Å². The minimum Gasteiger partial charge on any atom is -0.321 e. The average molecular weight is 499 g/mol. The first-order chi connectivity index (χ1) is 16.0. The summed E-state index contributed by atoms with van der Waals surface area (Å²) in [6.07, 6.45) is 1.96. The van der Waals surface area contributed by atoms with Crippen molar-refractivity contribution in [1.29, 1.82) is 0 Å². The lowest BCUT2D eigenvalue weighted by Crippen LogP contribution is -2.15. The summed E-state index contributed by atoms with van der Waals surface area (Å²) < 4.78 is 1.40. The van der Waals surface area contributed by atoms with Gasteiger partial charge in [0.1, 0.15) is 5.01 Å². The van der Waals surface area contributed by atoms with Crippen LogP contribution in [0.2, 0.25) is 5.02 Å².